The number of ketones is 1. The first-order valence-corrected chi connectivity index (χ1v) is 6.03. The fourth-order valence-corrected chi connectivity index (χ4v) is 2.26. The molecule has 1 saturated carbocycles. The zero-order valence-electron chi connectivity index (χ0n) is 11.2. The molecule has 0 aromatic rings. The molecule has 1 aliphatic carbocycles. The van der Waals surface area contributed by atoms with Crippen LogP contribution in [0.3, 0.4) is 0 Å². The van der Waals surface area contributed by atoms with Gasteiger partial charge in [-0.15, -0.1) is 0 Å². The lowest BCUT2D eigenvalue weighted by Crippen LogP contribution is -2.54. The van der Waals surface area contributed by atoms with Crippen LogP contribution in [0.5, 0.6) is 0 Å². The average Bonchev–Trinajstić information content (AvgIpc) is 2.10. The average molecular weight is 244 g/mol. The predicted octanol–water partition coefficient (Wildman–Crippen LogP) is 2.67. The molecule has 0 spiro atoms. The maximum atomic E-state index is 14.6. The number of halogens is 1. The van der Waals surface area contributed by atoms with Crippen molar-refractivity contribution < 1.29 is 18.7 Å². The van der Waals surface area contributed by atoms with Crippen LogP contribution in [0.25, 0.3) is 0 Å². The molecule has 4 heteroatoms. The Balaban J connectivity index is 2.92. The molecule has 1 rings (SSSR count). The molecule has 0 aliphatic heterocycles. The van der Waals surface area contributed by atoms with Gasteiger partial charge in [-0.25, -0.2) is 9.18 Å². The minimum absolute atomic E-state index is 0.111. The highest BCUT2D eigenvalue weighted by Crippen LogP contribution is 2.38. The highest BCUT2D eigenvalue weighted by molar-refractivity contribution is 6.08. The maximum Gasteiger partial charge on any atom is 0.352 e. The number of esters is 1. The van der Waals surface area contributed by atoms with E-state index >= 15 is 0 Å². The molecule has 0 aromatic heterocycles. The van der Waals surface area contributed by atoms with Crippen LogP contribution < -0.4 is 0 Å². The topological polar surface area (TPSA) is 43.4 Å². The second-order valence-electron chi connectivity index (χ2n) is 6.08. The third-order valence-electron chi connectivity index (χ3n) is 3.07. The zero-order chi connectivity index (χ0) is 13.4. The molecule has 3 unspecified atom stereocenters. The molecule has 0 aromatic carbocycles. The van der Waals surface area contributed by atoms with Crippen LogP contribution in [-0.2, 0) is 14.3 Å². The lowest BCUT2D eigenvalue weighted by atomic mass is 9.72. The lowest BCUT2D eigenvalue weighted by Gasteiger charge is -2.36. The molecule has 1 fully saturated rings. The van der Waals surface area contributed by atoms with Gasteiger partial charge in [-0.05, 0) is 33.1 Å². The van der Waals surface area contributed by atoms with Crippen molar-refractivity contribution in [3.8, 4) is 0 Å². The van der Waals surface area contributed by atoms with Crippen LogP contribution in [0.4, 0.5) is 4.39 Å². The van der Waals surface area contributed by atoms with Crippen molar-refractivity contribution in [1.82, 2.24) is 0 Å². The van der Waals surface area contributed by atoms with E-state index in [1.165, 1.54) is 0 Å². The van der Waals surface area contributed by atoms with E-state index in [9.17, 15) is 14.0 Å². The first-order valence-electron chi connectivity index (χ1n) is 6.03. The van der Waals surface area contributed by atoms with E-state index in [1.54, 1.807) is 27.7 Å². The van der Waals surface area contributed by atoms with E-state index in [1.807, 2.05) is 6.92 Å². The van der Waals surface area contributed by atoms with Gasteiger partial charge in [0, 0.05) is 12.3 Å². The molecule has 98 valence electrons. The summed E-state index contributed by atoms with van der Waals surface area (Å²) >= 11 is 0. The van der Waals surface area contributed by atoms with Crippen molar-refractivity contribution in [2.45, 2.75) is 58.7 Å². The molecule has 0 radical (unpaired) electrons. The van der Waals surface area contributed by atoms with Gasteiger partial charge in [-0.3, -0.25) is 4.79 Å². The van der Waals surface area contributed by atoms with Gasteiger partial charge in [0.2, 0.25) is 0 Å². The van der Waals surface area contributed by atoms with Crippen LogP contribution in [0.15, 0.2) is 0 Å². The van der Waals surface area contributed by atoms with Gasteiger partial charge in [-0.2, -0.15) is 0 Å². The second-order valence-corrected chi connectivity index (χ2v) is 6.08. The summed E-state index contributed by atoms with van der Waals surface area (Å²) in [4.78, 5) is 23.6. The van der Waals surface area contributed by atoms with Gasteiger partial charge in [-0.1, -0.05) is 13.8 Å². The third kappa shape index (κ3) is 2.85. The second kappa shape index (κ2) is 4.39. The summed E-state index contributed by atoms with van der Waals surface area (Å²) in [7, 11) is 0. The highest BCUT2D eigenvalue weighted by atomic mass is 19.1. The smallest absolute Gasteiger partial charge is 0.352 e. The first kappa shape index (κ1) is 14.1. The number of Topliss-reactive ketones (excluding diaryl/α,β-unsaturated/α-hetero) is 1. The van der Waals surface area contributed by atoms with Crippen molar-refractivity contribution in [2.24, 2.45) is 11.8 Å². The van der Waals surface area contributed by atoms with Crippen LogP contribution in [0.1, 0.15) is 47.5 Å². The van der Waals surface area contributed by atoms with E-state index in [2.05, 4.69) is 0 Å². The molecule has 0 saturated heterocycles. The maximum absolute atomic E-state index is 14.6. The molecular formula is C13H21FO3. The molecule has 0 heterocycles. The molecule has 17 heavy (non-hydrogen) atoms. The SMILES string of the molecule is CC1CC(=O)C(F)(C(=O)OC(C)(C)C)C(C)C1. The Bertz CT molecular complexity index is 332. The van der Waals surface area contributed by atoms with E-state index in [0.29, 0.717) is 6.42 Å². The number of hydrogen-bond acceptors (Lipinski definition) is 3. The van der Waals surface area contributed by atoms with Gasteiger partial charge in [0.1, 0.15) is 5.60 Å². The fourth-order valence-electron chi connectivity index (χ4n) is 2.26. The molecular weight excluding hydrogens is 223 g/mol. The Morgan fingerprint density at radius 2 is 1.94 bits per heavy atom. The van der Waals surface area contributed by atoms with Crippen LogP contribution in [0.2, 0.25) is 0 Å². The number of alkyl halides is 1. The summed E-state index contributed by atoms with van der Waals surface area (Å²) in [5.41, 5.74) is -3.24. The van der Waals surface area contributed by atoms with Gasteiger partial charge in [0.15, 0.2) is 5.78 Å². The summed E-state index contributed by atoms with van der Waals surface area (Å²) in [6.45, 7) is 8.47. The van der Waals surface area contributed by atoms with E-state index in [-0.39, 0.29) is 12.3 Å². The summed E-state index contributed by atoms with van der Waals surface area (Å²) in [6, 6.07) is 0. The molecule has 0 amide bonds. The largest absolute Gasteiger partial charge is 0.457 e. The lowest BCUT2D eigenvalue weighted by molar-refractivity contribution is -0.179. The molecule has 1 aliphatic rings. The molecule has 3 nitrogen and oxygen atoms in total. The van der Waals surface area contributed by atoms with Gasteiger partial charge < -0.3 is 4.74 Å². The monoisotopic (exact) mass is 244 g/mol. The van der Waals surface area contributed by atoms with E-state index in [4.69, 9.17) is 4.74 Å². The number of hydrogen-bond donors (Lipinski definition) is 0. The minimum Gasteiger partial charge on any atom is -0.457 e. The van der Waals surface area contributed by atoms with Crippen molar-refractivity contribution in [3.05, 3.63) is 0 Å². The van der Waals surface area contributed by atoms with Crippen molar-refractivity contribution in [1.29, 1.82) is 0 Å². The van der Waals surface area contributed by atoms with Gasteiger partial charge >= 0.3 is 5.97 Å². The number of carbonyl (C=O) groups excluding carboxylic acids is 2. The standard InChI is InChI=1S/C13H21FO3/c1-8-6-9(2)13(14,10(15)7-8)11(16)17-12(3,4)5/h8-9H,6-7H2,1-5H3. The van der Waals surface area contributed by atoms with Crippen LogP contribution in [-0.4, -0.2) is 23.0 Å². The number of ether oxygens (including phenoxy) is 1. The van der Waals surface area contributed by atoms with E-state index in [0.717, 1.165) is 0 Å². The Morgan fingerprint density at radius 1 is 1.41 bits per heavy atom. The summed E-state index contributed by atoms with van der Waals surface area (Å²) in [5.74, 6) is -2.16. The van der Waals surface area contributed by atoms with Crippen molar-refractivity contribution >= 4 is 11.8 Å². The quantitative estimate of drug-likeness (QED) is 0.526. The normalized spacial score (nSPS) is 34.6. The van der Waals surface area contributed by atoms with Gasteiger partial charge in [0.25, 0.3) is 5.67 Å². The Kier molecular flexibility index (Phi) is 3.65. The zero-order valence-corrected chi connectivity index (χ0v) is 11.2. The van der Waals surface area contributed by atoms with Gasteiger partial charge in [0.05, 0.1) is 0 Å². The first-order chi connectivity index (χ1) is 7.57. The summed E-state index contributed by atoms with van der Waals surface area (Å²) in [5, 5.41) is 0. The summed E-state index contributed by atoms with van der Waals surface area (Å²) < 4.78 is 19.7. The number of rotatable bonds is 1. The predicted molar refractivity (Wildman–Crippen MR) is 62.3 cm³/mol. The minimum atomic E-state index is -2.46. The Hall–Kier alpha value is -0.930. The Labute approximate surface area is 102 Å². The Morgan fingerprint density at radius 3 is 2.35 bits per heavy atom. The van der Waals surface area contributed by atoms with E-state index < -0.39 is 28.9 Å². The fraction of sp³-hybridized carbons (Fsp3) is 0.846. The molecule has 0 N–H and O–H groups in total. The van der Waals surface area contributed by atoms with Crippen molar-refractivity contribution in [3.63, 3.8) is 0 Å². The molecule has 3 atom stereocenters. The van der Waals surface area contributed by atoms with Crippen molar-refractivity contribution in [2.75, 3.05) is 0 Å². The van der Waals surface area contributed by atoms with Crippen LogP contribution in [0, 0.1) is 11.8 Å². The molecule has 0 bridgehead atoms. The van der Waals surface area contributed by atoms with Crippen LogP contribution >= 0.6 is 0 Å². The third-order valence-corrected chi connectivity index (χ3v) is 3.07. The highest BCUT2D eigenvalue weighted by Gasteiger charge is 2.55. The number of carbonyl (C=O) groups is 2. The summed E-state index contributed by atoms with van der Waals surface area (Å²) in [6.07, 6.45) is 0.640.